The number of hydrogen-bond acceptors (Lipinski definition) is 6. The number of hydrogen-bond donors (Lipinski definition) is 0. The molecule has 40 heavy (non-hydrogen) atoms. The highest BCUT2D eigenvalue weighted by atomic mass is 35.5. The fourth-order valence-electron chi connectivity index (χ4n) is 6.36. The van der Waals surface area contributed by atoms with Gasteiger partial charge in [-0.2, -0.15) is 5.10 Å². The minimum Gasteiger partial charge on any atom is -0.444 e. The molecule has 1 amide bonds. The number of halogens is 2. The molecule has 2 aliphatic heterocycles. The van der Waals surface area contributed by atoms with E-state index in [1.807, 2.05) is 55.6 Å². The van der Waals surface area contributed by atoms with Crippen molar-refractivity contribution in [3.8, 4) is 0 Å². The lowest BCUT2D eigenvalue weighted by Crippen LogP contribution is -2.48. The van der Waals surface area contributed by atoms with Gasteiger partial charge in [-0.15, -0.1) is 0 Å². The first-order chi connectivity index (χ1) is 18.9. The molecule has 10 heteroatoms. The van der Waals surface area contributed by atoms with Crippen molar-refractivity contribution in [2.75, 3.05) is 31.1 Å². The Bertz CT molecular complexity index is 1390. The zero-order valence-corrected chi connectivity index (χ0v) is 25.8. The molecule has 4 unspecified atom stereocenters. The average Bonchev–Trinajstić information content (AvgIpc) is 3.23. The second-order valence-electron chi connectivity index (χ2n) is 12.5. The third-order valence-corrected chi connectivity index (χ3v) is 8.91. The Morgan fingerprint density at radius 2 is 1.93 bits per heavy atom. The maximum atomic E-state index is 12.7. The number of rotatable bonds is 4. The van der Waals surface area contributed by atoms with Gasteiger partial charge in [0.05, 0.1) is 17.9 Å². The normalized spacial score (nSPS) is 22.9. The molecule has 8 nitrogen and oxygen atoms in total. The summed E-state index contributed by atoms with van der Waals surface area (Å²) in [5.41, 5.74) is 2.85. The van der Waals surface area contributed by atoms with E-state index in [-0.39, 0.29) is 12.1 Å². The van der Waals surface area contributed by atoms with Crippen molar-refractivity contribution < 1.29 is 9.53 Å². The fraction of sp³-hybridized carbons (Fsp3) is 0.600. The van der Waals surface area contributed by atoms with Gasteiger partial charge < -0.3 is 14.5 Å². The van der Waals surface area contributed by atoms with Crippen LogP contribution in [-0.2, 0) is 4.74 Å². The Morgan fingerprint density at radius 1 is 1.15 bits per heavy atom. The van der Waals surface area contributed by atoms with Crippen LogP contribution in [0.1, 0.15) is 71.2 Å². The summed E-state index contributed by atoms with van der Waals surface area (Å²) in [5, 5.41) is 6.00. The lowest BCUT2D eigenvalue weighted by Gasteiger charge is -2.44. The van der Waals surface area contributed by atoms with Crippen LogP contribution in [0.4, 0.5) is 10.6 Å². The number of benzene rings is 1. The molecular formula is C30H40Cl2N6O2. The zero-order valence-electron chi connectivity index (χ0n) is 24.3. The van der Waals surface area contributed by atoms with Gasteiger partial charge in [-0.05, 0) is 89.3 Å². The average molecular weight is 588 g/mol. The van der Waals surface area contributed by atoms with E-state index in [1.54, 1.807) is 6.07 Å². The SMILES string of the molecule is Cc1nn(C(C)c2ccc(Cl)cc2Cl)c2nc(N3CCC(C4CCCN(C(=O)OC(C)(C)C)C4)C(C)C3)cnc12. The van der Waals surface area contributed by atoms with Crippen molar-refractivity contribution in [3.63, 3.8) is 0 Å². The number of likely N-dealkylation sites (tertiary alicyclic amines) is 1. The second kappa shape index (κ2) is 11.4. The zero-order chi connectivity index (χ0) is 28.8. The number of carbonyl (C=O) groups is 1. The largest absolute Gasteiger partial charge is 0.444 e. The minimum atomic E-state index is -0.475. The molecule has 2 aliphatic rings. The number of aromatic nitrogens is 4. The lowest BCUT2D eigenvalue weighted by atomic mass is 9.74. The Labute approximate surface area is 247 Å². The third kappa shape index (κ3) is 6.03. The Kier molecular flexibility index (Phi) is 8.22. The molecule has 2 aromatic heterocycles. The van der Waals surface area contributed by atoms with E-state index in [2.05, 4.69) is 18.7 Å². The molecule has 5 rings (SSSR count). The fourth-order valence-corrected chi connectivity index (χ4v) is 6.93. The van der Waals surface area contributed by atoms with Crippen molar-refractivity contribution in [1.29, 1.82) is 0 Å². The summed E-state index contributed by atoms with van der Waals surface area (Å²) in [4.78, 5) is 26.8. The molecule has 0 spiro atoms. The number of piperidine rings is 2. The van der Waals surface area contributed by atoms with Crippen LogP contribution < -0.4 is 4.90 Å². The molecule has 216 valence electrons. The Balaban J connectivity index is 1.31. The third-order valence-electron chi connectivity index (χ3n) is 8.35. The molecule has 1 aromatic carbocycles. The van der Waals surface area contributed by atoms with E-state index in [4.69, 9.17) is 43.0 Å². The van der Waals surface area contributed by atoms with Crippen molar-refractivity contribution in [2.45, 2.75) is 72.4 Å². The van der Waals surface area contributed by atoms with E-state index in [9.17, 15) is 4.79 Å². The molecule has 2 saturated heterocycles. The van der Waals surface area contributed by atoms with Crippen LogP contribution in [0.2, 0.25) is 10.0 Å². The van der Waals surface area contributed by atoms with Gasteiger partial charge in [-0.1, -0.05) is 36.2 Å². The summed E-state index contributed by atoms with van der Waals surface area (Å²) in [5.74, 6) is 2.37. The number of aryl methyl sites for hydroxylation is 1. The van der Waals surface area contributed by atoms with Gasteiger partial charge in [-0.25, -0.2) is 19.4 Å². The molecule has 0 saturated carbocycles. The van der Waals surface area contributed by atoms with Gasteiger partial charge in [0.1, 0.15) is 16.9 Å². The van der Waals surface area contributed by atoms with Gasteiger partial charge >= 0.3 is 6.09 Å². The van der Waals surface area contributed by atoms with Crippen LogP contribution in [0.25, 0.3) is 11.2 Å². The van der Waals surface area contributed by atoms with Crippen molar-refractivity contribution in [2.24, 2.45) is 17.8 Å². The van der Waals surface area contributed by atoms with E-state index < -0.39 is 5.60 Å². The summed E-state index contributed by atoms with van der Waals surface area (Å²) in [6.07, 6.45) is 4.93. The quantitative estimate of drug-likeness (QED) is 0.323. The molecule has 0 aliphatic carbocycles. The van der Waals surface area contributed by atoms with Crippen LogP contribution in [0.15, 0.2) is 24.4 Å². The number of amides is 1. The topological polar surface area (TPSA) is 76.4 Å². The van der Waals surface area contributed by atoms with Crippen molar-refractivity contribution in [1.82, 2.24) is 24.6 Å². The summed E-state index contributed by atoms with van der Waals surface area (Å²) in [6, 6.07) is 5.42. The molecule has 0 bridgehead atoms. The maximum absolute atomic E-state index is 12.7. The minimum absolute atomic E-state index is 0.130. The van der Waals surface area contributed by atoms with Gasteiger partial charge in [0.25, 0.3) is 0 Å². The lowest BCUT2D eigenvalue weighted by molar-refractivity contribution is 0.00943. The number of carbonyl (C=O) groups excluding carboxylic acids is 1. The molecule has 0 radical (unpaired) electrons. The second-order valence-corrected chi connectivity index (χ2v) is 13.3. The maximum Gasteiger partial charge on any atom is 0.410 e. The Hall–Kier alpha value is -2.58. The predicted octanol–water partition coefficient (Wildman–Crippen LogP) is 7.16. The highest BCUT2D eigenvalue weighted by molar-refractivity contribution is 6.35. The van der Waals surface area contributed by atoms with E-state index in [1.165, 1.54) is 0 Å². The molecule has 3 aromatic rings. The van der Waals surface area contributed by atoms with Crippen LogP contribution in [0.3, 0.4) is 0 Å². The monoisotopic (exact) mass is 586 g/mol. The van der Waals surface area contributed by atoms with Gasteiger partial charge in [0, 0.05) is 36.2 Å². The molecule has 4 heterocycles. The van der Waals surface area contributed by atoms with Crippen LogP contribution >= 0.6 is 23.2 Å². The van der Waals surface area contributed by atoms with E-state index >= 15 is 0 Å². The Morgan fingerprint density at radius 3 is 2.62 bits per heavy atom. The summed E-state index contributed by atoms with van der Waals surface area (Å²) in [7, 11) is 0. The number of fused-ring (bicyclic) bond motifs is 1. The van der Waals surface area contributed by atoms with E-state index in [0.29, 0.717) is 27.8 Å². The highest BCUT2D eigenvalue weighted by Crippen LogP contribution is 2.37. The first kappa shape index (κ1) is 28.9. The first-order valence-corrected chi connectivity index (χ1v) is 15.1. The van der Waals surface area contributed by atoms with Gasteiger partial charge in [0.15, 0.2) is 5.65 Å². The summed E-state index contributed by atoms with van der Waals surface area (Å²) in [6.45, 7) is 15.5. The van der Waals surface area contributed by atoms with Crippen LogP contribution in [0.5, 0.6) is 0 Å². The van der Waals surface area contributed by atoms with E-state index in [0.717, 1.165) is 73.7 Å². The number of anilines is 1. The molecule has 4 atom stereocenters. The number of ether oxygens (including phenoxy) is 1. The van der Waals surface area contributed by atoms with Crippen LogP contribution in [-0.4, -0.2) is 62.5 Å². The van der Waals surface area contributed by atoms with Crippen molar-refractivity contribution >= 4 is 46.3 Å². The van der Waals surface area contributed by atoms with Crippen molar-refractivity contribution in [3.05, 3.63) is 45.7 Å². The van der Waals surface area contributed by atoms with Gasteiger partial charge in [-0.3, -0.25) is 0 Å². The molecular weight excluding hydrogens is 547 g/mol. The predicted molar refractivity (Wildman–Crippen MR) is 160 cm³/mol. The van der Waals surface area contributed by atoms with Crippen LogP contribution in [0, 0.1) is 24.7 Å². The smallest absolute Gasteiger partial charge is 0.410 e. The molecule has 2 fully saturated rings. The highest BCUT2D eigenvalue weighted by Gasteiger charge is 2.37. The number of nitrogens with zero attached hydrogens (tertiary/aromatic N) is 6. The summed E-state index contributed by atoms with van der Waals surface area (Å²) < 4.78 is 7.58. The standard InChI is InChI=1S/C30H40Cl2N6O2/c1-18-16-36(13-11-23(18)21-8-7-12-37(17-21)29(39)40-30(4,5)6)26-15-33-27-19(2)35-38(28(27)34-26)20(3)24-10-9-22(31)14-25(24)32/h9-10,14-15,18,20-21,23H,7-8,11-13,16-17H2,1-6H3. The molecule has 0 N–H and O–H groups in total. The van der Waals surface area contributed by atoms with Gasteiger partial charge in [0.2, 0.25) is 0 Å². The summed E-state index contributed by atoms with van der Waals surface area (Å²) >= 11 is 12.7. The first-order valence-electron chi connectivity index (χ1n) is 14.3.